The Labute approximate surface area is 296 Å². The summed E-state index contributed by atoms with van der Waals surface area (Å²) in [6.45, 7) is 0. The van der Waals surface area contributed by atoms with Gasteiger partial charge in [0.2, 0.25) is 0 Å². The molecule has 0 spiro atoms. The number of aryl methyl sites for hydroxylation is 6. The van der Waals surface area contributed by atoms with Gasteiger partial charge < -0.3 is 0 Å². The van der Waals surface area contributed by atoms with Crippen LogP contribution >= 0.6 is 0 Å². The van der Waals surface area contributed by atoms with Crippen molar-refractivity contribution in [3.8, 4) is 33.8 Å². The lowest BCUT2D eigenvalue weighted by Crippen LogP contribution is -2.00. The molecule has 3 aromatic heterocycles. The predicted molar refractivity (Wildman–Crippen MR) is 198 cm³/mol. The summed E-state index contributed by atoms with van der Waals surface area (Å²) in [4.78, 5) is 13.9. The molecule has 3 nitrogen and oxygen atoms in total. The van der Waals surface area contributed by atoms with Gasteiger partial charge in [-0.15, -0.1) is 0 Å². The molecule has 0 aliphatic rings. The molecule has 6 heteroatoms. The van der Waals surface area contributed by atoms with Crippen LogP contribution in [0.3, 0.4) is 0 Å². The molecule has 0 amide bonds. The van der Waals surface area contributed by atoms with Crippen LogP contribution in [0.25, 0.3) is 33.8 Å². The van der Waals surface area contributed by atoms with Crippen molar-refractivity contribution in [3.63, 3.8) is 0 Å². The van der Waals surface area contributed by atoms with Crippen LogP contribution in [-0.4, -0.2) is 15.0 Å². The minimum atomic E-state index is -0.259. The molecule has 0 fully saturated rings. The van der Waals surface area contributed by atoms with Crippen LogP contribution in [0.5, 0.6) is 0 Å². The van der Waals surface area contributed by atoms with E-state index in [9.17, 15) is 13.2 Å². The molecule has 51 heavy (non-hydrogen) atoms. The van der Waals surface area contributed by atoms with Gasteiger partial charge in [-0.05, 0) is 163 Å². The first-order valence-electron chi connectivity index (χ1n) is 17.2. The Morgan fingerprint density at radius 2 is 0.549 bits per heavy atom. The summed E-state index contributed by atoms with van der Waals surface area (Å²) in [5.41, 5.74) is 12.4. The fourth-order valence-electron chi connectivity index (χ4n) is 6.23. The smallest absolute Gasteiger partial charge is 0.123 e. The van der Waals surface area contributed by atoms with Crippen molar-refractivity contribution in [1.29, 1.82) is 0 Å². The van der Waals surface area contributed by atoms with E-state index < -0.39 is 0 Å². The van der Waals surface area contributed by atoms with Crippen molar-refractivity contribution in [3.05, 3.63) is 197 Å². The molecule has 0 saturated heterocycles. The Morgan fingerprint density at radius 3 is 0.784 bits per heavy atom. The third kappa shape index (κ3) is 9.03. The van der Waals surface area contributed by atoms with E-state index in [0.717, 1.165) is 89.0 Å². The number of nitrogens with zero attached hydrogens (tertiary/aromatic N) is 3. The van der Waals surface area contributed by atoms with Crippen LogP contribution in [-0.2, 0) is 38.5 Å². The Bertz CT molecular complexity index is 1910. The van der Waals surface area contributed by atoms with Crippen molar-refractivity contribution in [1.82, 2.24) is 15.0 Å². The van der Waals surface area contributed by atoms with Crippen LogP contribution in [0, 0.1) is 17.5 Å². The summed E-state index contributed by atoms with van der Waals surface area (Å²) in [5.74, 6) is -0.778. The molecule has 0 N–H and O–H groups in total. The zero-order valence-electron chi connectivity index (χ0n) is 28.1. The van der Waals surface area contributed by atoms with Gasteiger partial charge in [-0.1, -0.05) is 36.4 Å². The molecule has 0 radical (unpaired) electrons. The van der Waals surface area contributed by atoms with Crippen LogP contribution in [0.1, 0.15) is 33.4 Å². The minimum Gasteiger partial charge on any atom is -0.256 e. The second-order valence-corrected chi connectivity index (χ2v) is 12.8. The first-order chi connectivity index (χ1) is 24.9. The second kappa shape index (κ2) is 15.8. The van der Waals surface area contributed by atoms with Crippen molar-refractivity contribution in [2.75, 3.05) is 0 Å². The second-order valence-electron chi connectivity index (χ2n) is 12.8. The molecule has 0 aliphatic heterocycles. The molecule has 0 saturated carbocycles. The van der Waals surface area contributed by atoms with E-state index in [-0.39, 0.29) is 17.5 Å². The summed E-state index contributed by atoms with van der Waals surface area (Å²) in [6, 6.07) is 38.4. The monoisotopic (exact) mass is 675 g/mol. The van der Waals surface area contributed by atoms with E-state index in [1.807, 2.05) is 36.8 Å². The topological polar surface area (TPSA) is 38.7 Å². The summed E-state index contributed by atoms with van der Waals surface area (Å²) in [5, 5.41) is 0. The largest absolute Gasteiger partial charge is 0.256 e. The van der Waals surface area contributed by atoms with Gasteiger partial charge in [0.25, 0.3) is 0 Å². The van der Waals surface area contributed by atoms with Crippen LogP contribution < -0.4 is 0 Å². The predicted octanol–water partition coefficient (Wildman–Crippen LogP) is 10.6. The van der Waals surface area contributed by atoms with Gasteiger partial charge in [0, 0.05) is 35.3 Å². The van der Waals surface area contributed by atoms with E-state index >= 15 is 0 Å². The average molecular weight is 676 g/mol. The van der Waals surface area contributed by atoms with E-state index in [0.29, 0.717) is 0 Å². The third-order valence-electron chi connectivity index (χ3n) is 9.11. The van der Waals surface area contributed by atoms with E-state index in [1.54, 1.807) is 36.4 Å². The number of benzene rings is 4. The fourth-order valence-corrected chi connectivity index (χ4v) is 6.23. The highest BCUT2D eigenvalue weighted by Gasteiger charge is 2.08. The number of hydrogen-bond acceptors (Lipinski definition) is 3. The van der Waals surface area contributed by atoms with Crippen LogP contribution in [0.4, 0.5) is 13.2 Å². The molecule has 0 bridgehead atoms. The van der Waals surface area contributed by atoms with Crippen LogP contribution in [0.2, 0.25) is 0 Å². The minimum absolute atomic E-state index is 0.259. The number of aromatic nitrogens is 3. The molecule has 7 aromatic rings. The van der Waals surface area contributed by atoms with Crippen LogP contribution in [0.15, 0.2) is 146 Å². The summed E-state index contributed by atoms with van der Waals surface area (Å²) >= 11 is 0. The molecule has 0 aliphatic carbocycles. The zero-order chi connectivity index (χ0) is 35.0. The van der Waals surface area contributed by atoms with Gasteiger partial charge in [0.1, 0.15) is 17.5 Å². The normalized spacial score (nSPS) is 11.1. The molecular formula is C45H36F3N3. The maximum absolute atomic E-state index is 13.4. The van der Waals surface area contributed by atoms with Crippen molar-refractivity contribution >= 4 is 0 Å². The molecule has 3 heterocycles. The molecule has 252 valence electrons. The SMILES string of the molecule is Fc1ccc(-c2ccc(CCc3cc(CCc4ccc(-c5ccc(F)cc5)nc4)cc(CCc4ccc(-c5ccc(F)cc5)nc4)c3)cn2)cc1. The zero-order valence-corrected chi connectivity index (χ0v) is 28.1. The number of pyridine rings is 3. The summed E-state index contributed by atoms with van der Waals surface area (Å²) in [7, 11) is 0. The Morgan fingerprint density at radius 1 is 0.294 bits per heavy atom. The molecule has 4 aromatic carbocycles. The first-order valence-corrected chi connectivity index (χ1v) is 17.2. The van der Waals surface area contributed by atoms with Gasteiger partial charge in [0.05, 0.1) is 17.1 Å². The average Bonchev–Trinajstić information content (AvgIpc) is 3.17. The van der Waals surface area contributed by atoms with Gasteiger partial charge in [-0.2, -0.15) is 0 Å². The van der Waals surface area contributed by atoms with Gasteiger partial charge in [-0.3, -0.25) is 15.0 Å². The molecular weight excluding hydrogens is 640 g/mol. The number of hydrogen-bond donors (Lipinski definition) is 0. The fraction of sp³-hybridized carbons (Fsp3) is 0.133. The third-order valence-corrected chi connectivity index (χ3v) is 9.11. The number of rotatable bonds is 12. The number of halogens is 3. The van der Waals surface area contributed by atoms with Gasteiger partial charge >= 0.3 is 0 Å². The van der Waals surface area contributed by atoms with Gasteiger partial charge in [0.15, 0.2) is 0 Å². The van der Waals surface area contributed by atoms with Crippen molar-refractivity contribution in [2.24, 2.45) is 0 Å². The highest BCUT2D eigenvalue weighted by atomic mass is 19.1. The molecule has 0 atom stereocenters. The summed E-state index contributed by atoms with van der Waals surface area (Å²) in [6.07, 6.45) is 10.9. The molecule has 0 unspecified atom stereocenters. The Balaban J connectivity index is 1.04. The highest BCUT2D eigenvalue weighted by Crippen LogP contribution is 2.23. The van der Waals surface area contributed by atoms with E-state index in [1.165, 1.54) is 53.1 Å². The standard InChI is InChI=1S/C45H36F3N3/c46-40-16-10-37(11-17-40)43-22-7-31(28-49-43)1-4-34-25-35(5-2-32-8-23-44(50-29-32)38-12-18-41(47)19-13-38)27-36(26-34)6-3-33-9-24-45(51-30-33)39-14-20-42(48)21-15-39/h7-30H,1-6H2. The Hall–Kier alpha value is -5.88. The highest BCUT2D eigenvalue weighted by molar-refractivity contribution is 5.60. The first kappa shape index (κ1) is 33.6. The maximum Gasteiger partial charge on any atom is 0.123 e. The summed E-state index contributed by atoms with van der Waals surface area (Å²) < 4.78 is 40.1. The van der Waals surface area contributed by atoms with Crippen molar-refractivity contribution in [2.45, 2.75) is 38.5 Å². The maximum atomic E-state index is 13.4. The van der Waals surface area contributed by atoms with E-state index in [4.69, 9.17) is 0 Å². The van der Waals surface area contributed by atoms with Crippen molar-refractivity contribution < 1.29 is 13.2 Å². The Kier molecular flexibility index (Phi) is 10.4. The quantitative estimate of drug-likeness (QED) is 0.129. The van der Waals surface area contributed by atoms with Gasteiger partial charge in [-0.25, -0.2) is 13.2 Å². The lowest BCUT2D eigenvalue weighted by molar-refractivity contribution is 0.627. The lowest BCUT2D eigenvalue weighted by atomic mass is 9.94. The lowest BCUT2D eigenvalue weighted by Gasteiger charge is -2.12. The van der Waals surface area contributed by atoms with E-state index in [2.05, 4.69) is 51.4 Å². The molecule has 7 rings (SSSR count).